The van der Waals surface area contributed by atoms with Crippen molar-refractivity contribution in [2.45, 2.75) is 19.3 Å². The van der Waals surface area contributed by atoms with Crippen LogP contribution in [0.15, 0.2) is 36.4 Å². The highest BCUT2D eigenvalue weighted by Gasteiger charge is 2.21. The lowest BCUT2D eigenvalue weighted by atomic mass is 10.0. The lowest BCUT2D eigenvalue weighted by Crippen LogP contribution is -2.47. The van der Waals surface area contributed by atoms with Crippen molar-refractivity contribution < 1.29 is 14.4 Å². The highest BCUT2D eigenvalue weighted by Crippen LogP contribution is 2.29. The molecule has 1 fully saturated rings. The highest BCUT2D eigenvalue weighted by atomic mass is 35.5. The summed E-state index contributed by atoms with van der Waals surface area (Å²) in [7, 11) is 0. The molecule has 7 heteroatoms. The Balaban J connectivity index is 1.46. The van der Waals surface area contributed by atoms with Crippen LogP contribution < -0.4 is 15.5 Å². The van der Waals surface area contributed by atoms with Crippen molar-refractivity contribution in [2.24, 2.45) is 0 Å². The maximum atomic E-state index is 12.5. The lowest BCUT2D eigenvalue weighted by Gasteiger charge is -2.29. The van der Waals surface area contributed by atoms with E-state index in [0.29, 0.717) is 29.4 Å². The summed E-state index contributed by atoms with van der Waals surface area (Å²) in [5.74, 6) is -1.32. The summed E-state index contributed by atoms with van der Waals surface area (Å²) >= 11 is 6.34. The zero-order chi connectivity index (χ0) is 19.7. The third-order valence-electron chi connectivity index (χ3n) is 5.15. The molecule has 2 aromatic rings. The number of piperazine rings is 1. The van der Waals surface area contributed by atoms with E-state index in [9.17, 15) is 14.4 Å². The van der Waals surface area contributed by atoms with Crippen LogP contribution in [0.5, 0.6) is 0 Å². The van der Waals surface area contributed by atoms with Crippen molar-refractivity contribution in [3.8, 4) is 0 Å². The van der Waals surface area contributed by atoms with E-state index < -0.39 is 11.7 Å². The maximum Gasteiger partial charge on any atom is 0.296 e. The first-order valence-electron chi connectivity index (χ1n) is 9.30. The van der Waals surface area contributed by atoms with E-state index in [1.807, 2.05) is 17.0 Å². The van der Waals surface area contributed by atoms with Gasteiger partial charge in [-0.1, -0.05) is 23.7 Å². The number of nitrogens with zero attached hydrogens (tertiary/aromatic N) is 1. The molecule has 0 spiro atoms. The minimum Gasteiger partial charge on any atom is -0.359 e. The molecule has 6 nitrogen and oxygen atoms in total. The molecule has 0 atom stereocenters. The second-order valence-electron chi connectivity index (χ2n) is 7.06. The molecule has 1 saturated heterocycles. The number of ketones is 1. The Morgan fingerprint density at radius 3 is 2.68 bits per heavy atom. The third-order valence-corrected chi connectivity index (χ3v) is 5.45. The van der Waals surface area contributed by atoms with E-state index in [4.69, 9.17) is 11.6 Å². The number of fused-ring (bicyclic) bond motifs is 1. The van der Waals surface area contributed by atoms with E-state index >= 15 is 0 Å². The number of rotatable bonds is 4. The molecule has 1 aliphatic heterocycles. The Bertz CT molecular complexity index is 973. The number of amides is 2. The number of nitrogens with one attached hydrogen (secondary N) is 2. The number of hydrogen-bond acceptors (Lipinski definition) is 4. The topological polar surface area (TPSA) is 78.5 Å². The maximum absolute atomic E-state index is 12.5. The van der Waals surface area contributed by atoms with Gasteiger partial charge >= 0.3 is 0 Å². The van der Waals surface area contributed by atoms with Crippen LogP contribution in [-0.4, -0.2) is 37.2 Å². The van der Waals surface area contributed by atoms with Gasteiger partial charge in [0.2, 0.25) is 5.91 Å². The number of aryl methyl sites for hydroxylation is 2. The standard InChI is InChI=1S/C21H20ClN3O3/c22-17-11-16(6-7-18(17)25-9-8-23-19(26)12-25)24-21(28)20(27)15-5-4-13-2-1-3-14(13)10-15/h4-7,10-11H,1-3,8-9,12H2,(H,23,26)(H,24,28). The van der Waals surface area contributed by atoms with Crippen LogP contribution in [0.2, 0.25) is 5.02 Å². The Kier molecular flexibility index (Phi) is 5.05. The summed E-state index contributed by atoms with van der Waals surface area (Å²) in [5, 5.41) is 5.80. The normalized spacial score (nSPS) is 15.8. The quantitative estimate of drug-likeness (QED) is 0.614. The molecule has 4 rings (SSSR count). The van der Waals surface area contributed by atoms with Gasteiger partial charge in [-0.05, 0) is 54.7 Å². The molecule has 0 unspecified atom stereocenters. The Morgan fingerprint density at radius 2 is 1.89 bits per heavy atom. The molecule has 0 radical (unpaired) electrons. The number of carbonyl (C=O) groups is 3. The Labute approximate surface area is 167 Å². The lowest BCUT2D eigenvalue weighted by molar-refractivity contribution is -0.120. The number of carbonyl (C=O) groups excluding carboxylic acids is 3. The fourth-order valence-corrected chi connectivity index (χ4v) is 4.02. The van der Waals surface area contributed by atoms with Gasteiger partial charge in [0, 0.05) is 24.3 Å². The third kappa shape index (κ3) is 3.73. The minimum absolute atomic E-state index is 0.0559. The average molecular weight is 398 g/mol. The predicted octanol–water partition coefficient (Wildman–Crippen LogP) is 2.59. The summed E-state index contributed by atoms with van der Waals surface area (Å²) in [6.07, 6.45) is 3.06. The van der Waals surface area contributed by atoms with Crippen molar-refractivity contribution in [3.63, 3.8) is 0 Å². The van der Waals surface area contributed by atoms with Gasteiger partial charge in [0.05, 0.1) is 17.3 Å². The van der Waals surface area contributed by atoms with E-state index in [1.54, 1.807) is 24.3 Å². The van der Waals surface area contributed by atoms with Crippen LogP contribution in [0.3, 0.4) is 0 Å². The SMILES string of the molecule is O=C1CN(c2ccc(NC(=O)C(=O)c3ccc4c(c3)CCC4)cc2Cl)CCN1. The molecule has 144 valence electrons. The van der Waals surface area contributed by atoms with Gasteiger partial charge in [-0.15, -0.1) is 0 Å². The molecule has 0 bridgehead atoms. The smallest absolute Gasteiger partial charge is 0.296 e. The van der Waals surface area contributed by atoms with Crippen LogP contribution in [0.25, 0.3) is 0 Å². The zero-order valence-corrected chi connectivity index (χ0v) is 16.0. The predicted molar refractivity (Wildman–Crippen MR) is 108 cm³/mol. The van der Waals surface area contributed by atoms with E-state index in [2.05, 4.69) is 10.6 Å². The van der Waals surface area contributed by atoms with Crippen molar-refractivity contribution in [2.75, 3.05) is 29.9 Å². The van der Waals surface area contributed by atoms with Gasteiger partial charge in [0.1, 0.15) is 0 Å². The van der Waals surface area contributed by atoms with Gasteiger partial charge in [-0.2, -0.15) is 0 Å². The van der Waals surface area contributed by atoms with Gasteiger partial charge in [0.15, 0.2) is 0 Å². The molecule has 2 N–H and O–H groups in total. The fourth-order valence-electron chi connectivity index (χ4n) is 3.72. The highest BCUT2D eigenvalue weighted by molar-refractivity contribution is 6.46. The van der Waals surface area contributed by atoms with Crippen molar-refractivity contribution in [3.05, 3.63) is 58.1 Å². The molecule has 2 aliphatic rings. The average Bonchev–Trinajstić information content (AvgIpc) is 3.15. The van der Waals surface area contributed by atoms with E-state index in [1.165, 1.54) is 5.56 Å². The van der Waals surface area contributed by atoms with Gasteiger partial charge in [0.25, 0.3) is 11.7 Å². The fraction of sp³-hybridized carbons (Fsp3) is 0.286. The van der Waals surface area contributed by atoms with Crippen LogP contribution in [0.4, 0.5) is 11.4 Å². The monoisotopic (exact) mass is 397 g/mol. The summed E-state index contributed by atoms with van der Waals surface area (Å²) in [6.45, 7) is 1.46. The first-order chi connectivity index (χ1) is 13.5. The van der Waals surface area contributed by atoms with E-state index in [0.717, 1.165) is 30.5 Å². The molecule has 2 aromatic carbocycles. The largest absolute Gasteiger partial charge is 0.359 e. The van der Waals surface area contributed by atoms with Gasteiger partial charge < -0.3 is 15.5 Å². The van der Waals surface area contributed by atoms with Crippen molar-refractivity contribution >= 4 is 40.6 Å². The molecule has 0 saturated carbocycles. The molecular formula is C21H20ClN3O3. The van der Waals surface area contributed by atoms with Gasteiger partial charge in [-0.25, -0.2) is 0 Å². The van der Waals surface area contributed by atoms with Crippen LogP contribution >= 0.6 is 11.6 Å². The molecule has 1 aliphatic carbocycles. The second-order valence-corrected chi connectivity index (χ2v) is 7.47. The summed E-state index contributed by atoms with van der Waals surface area (Å²) in [5.41, 5.74) is 3.97. The van der Waals surface area contributed by atoms with Crippen LogP contribution in [0.1, 0.15) is 27.9 Å². The molecule has 2 amide bonds. The number of halogens is 1. The molecular weight excluding hydrogens is 378 g/mol. The Hall–Kier alpha value is -2.86. The first kappa shape index (κ1) is 18.5. The van der Waals surface area contributed by atoms with Crippen LogP contribution in [-0.2, 0) is 22.4 Å². The summed E-state index contributed by atoms with van der Waals surface area (Å²) < 4.78 is 0. The second kappa shape index (κ2) is 7.64. The molecule has 1 heterocycles. The number of hydrogen-bond donors (Lipinski definition) is 2. The van der Waals surface area contributed by atoms with Crippen LogP contribution in [0, 0.1) is 0 Å². The number of anilines is 2. The first-order valence-corrected chi connectivity index (χ1v) is 9.68. The number of benzene rings is 2. The Morgan fingerprint density at radius 1 is 1.07 bits per heavy atom. The number of Topliss-reactive ketones (excluding diaryl/α,β-unsaturated/α-hetero) is 1. The summed E-state index contributed by atoms with van der Waals surface area (Å²) in [6, 6.07) is 10.5. The van der Waals surface area contributed by atoms with E-state index in [-0.39, 0.29) is 12.5 Å². The van der Waals surface area contributed by atoms with Crippen molar-refractivity contribution in [1.82, 2.24) is 5.32 Å². The minimum atomic E-state index is -0.695. The zero-order valence-electron chi connectivity index (χ0n) is 15.3. The molecule has 28 heavy (non-hydrogen) atoms. The molecule has 0 aromatic heterocycles. The van der Waals surface area contributed by atoms with Crippen molar-refractivity contribution in [1.29, 1.82) is 0 Å². The van der Waals surface area contributed by atoms with Gasteiger partial charge in [-0.3, -0.25) is 14.4 Å². The summed E-state index contributed by atoms with van der Waals surface area (Å²) in [4.78, 5) is 38.3.